The molecule has 226 valence electrons. The van der Waals surface area contributed by atoms with Crippen molar-refractivity contribution in [1.29, 1.82) is 0 Å². The summed E-state index contributed by atoms with van der Waals surface area (Å²) in [4.78, 5) is 29.5. The Morgan fingerprint density at radius 1 is 1.19 bits per heavy atom. The van der Waals surface area contributed by atoms with Crippen molar-refractivity contribution in [2.45, 2.75) is 51.3 Å². The number of hydrogen-bond acceptors (Lipinski definition) is 8. The smallest absolute Gasteiger partial charge is 0.228 e. The average Bonchev–Trinajstić information content (AvgIpc) is 3.37. The van der Waals surface area contributed by atoms with Crippen LogP contribution in [0.4, 0.5) is 26.1 Å². The summed E-state index contributed by atoms with van der Waals surface area (Å²) in [6.45, 7) is 5.83. The molecule has 2 aromatic heterocycles. The number of ether oxygens (including phenoxy) is 1. The Morgan fingerprint density at radius 2 is 1.95 bits per heavy atom. The molecule has 6 rings (SSSR count). The third-order valence-electron chi connectivity index (χ3n) is 7.96. The molecular weight excluding hydrogens is 580 g/mol. The number of nitrogens with zero attached hydrogens (tertiary/aromatic N) is 6. The maximum absolute atomic E-state index is 15.5. The lowest BCUT2D eigenvalue weighted by Crippen LogP contribution is -2.45. The van der Waals surface area contributed by atoms with Crippen molar-refractivity contribution in [3.05, 3.63) is 52.9 Å². The van der Waals surface area contributed by atoms with Crippen molar-refractivity contribution in [1.82, 2.24) is 24.4 Å². The van der Waals surface area contributed by atoms with Crippen LogP contribution in [0.1, 0.15) is 45.5 Å². The quantitative estimate of drug-likeness (QED) is 0.298. The Hall–Kier alpha value is -3.87. The first-order valence-electron chi connectivity index (χ1n) is 14.0. The predicted octanol–water partition coefficient (Wildman–Crippen LogP) is 5.41. The Bertz CT molecular complexity index is 1750. The monoisotopic (exact) mass is 611 g/mol. The fraction of sp³-hybridized carbons (Fsp3) is 0.400. The summed E-state index contributed by atoms with van der Waals surface area (Å²) in [5.74, 6) is -0.626. The van der Waals surface area contributed by atoms with E-state index in [0.717, 1.165) is 6.42 Å². The second-order valence-electron chi connectivity index (χ2n) is 11.8. The summed E-state index contributed by atoms with van der Waals surface area (Å²) in [6.07, 6.45) is 2.50. The van der Waals surface area contributed by atoms with Gasteiger partial charge in [-0.05, 0) is 65.6 Å². The molecule has 43 heavy (non-hydrogen) atoms. The Morgan fingerprint density at radius 3 is 2.63 bits per heavy atom. The van der Waals surface area contributed by atoms with Crippen LogP contribution in [0.3, 0.4) is 0 Å². The van der Waals surface area contributed by atoms with Gasteiger partial charge in [0.1, 0.15) is 34.9 Å². The Kier molecular flexibility index (Phi) is 7.26. The van der Waals surface area contributed by atoms with Gasteiger partial charge >= 0.3 is 0 Å². The summed E-state index contributed by atoms with van der Waals surface area (Å²) in [5.41, 5.74) is 0.138. The predicted molar refractivity (Wildman–Crippen MR) is 160 cm³/mol. The van der Waals surface area contributed by atoms with Gasteiger partial charge in [-0.2, -0.15) is 0 Å². The molecule has 2 aliphatic heterocycles. The highest BCUT2D eigenvalue weighted by molar-refractivity contribution is 6.33. The second-order valence-corrected chi connectivity index (χ2v) is 12.2. The number of halogens is 3. The highest BCUT2D eigenvalue weighted by atomic mass is 35.5. The fourth-order valence-electron chi connectivity index (χ4n) is 5.71. The molecule has 1 saturated heterocycles. The van der Waals surface area contributed by atoms with Gasteiger partial charge in [0, 0.05) is 30.3 Å². The lowest BCUT2D eigenvalue weighted by molar-refractivity contribution is -0.120. The number of rotatable bonds is 6. The third kappa shape index (κ3) is 5.17. The number of anilines is 3. The number of piperidine rings is 1. The molecule has 2 aromatic carbocycles. The van der Waals surface area contributed by atoms with Crippen LogP contribution in [0, 0.1) is 11.6 Å². The first-order valence-corrected chi connectivity index (χ1v) is 14.4. The van der Waals surface area contributed by atoms with E-state index in [1.165, 1.54) is 24.4 Å². The van der Waals surface area contributed by atoms with Gasteiger partial charge in [-0.15, -0.1) is 0 Å². The van der Waals surface area contributed by atoms with Gasteiger partial charge in [0.05, 0.1) is 28.6 Å². The van der Waals surface area contributed by atoms with Crippen LogP contribution in [0.2, 0.25) is 5.02 Å². The van der Waals surface area contributed by atoms with E-state index in [-0.39, 0.29) is 58.0 Å². The topological polar surface area (TPSA) is 109 Å². The first kappa shape index (κ1) is 29.2. The number of hydrogen-bond donors (Lipinski definition) is 2. The number of amides is 1. The van der Waals surface area contributed by atoms with E-state index in [2.05, 4.69) is 20.3 Å². The van der Waals surface area contributed by atoms with Gasteiger partial charge in [0.25, 0.3) is 0 Å². The molecule has 10 nitrogen and oxygen atoms in total. The number of carbonyl (C=O) groups excluding carboxylic acids is 1. The molecule has 4 aromatic rings. The van der Waals surface area contributed by atoms with Gasteiger partial charge < -0.3 is 29.5 Å². The fourth-order valence-corrected chi connectivity index (χ4v) is 5.90. The van der Waals surface area contributed by atoms with E-state index in [1.807, 2.05) is 25.9 Å². The zero-order valence-electron chi connectivity index (χ0n) is 24.5. The van der Waals surface area contributed by atoms with Crippen LogP contribution >= 0.6 is 11.6 Å². The van der Waals surface area contributed by atoms with Crippen molar-refractivity contribution in [2.24, 2.45) is 0 Å². The van der Waals surface area contributed by atoms with Crippen LogP contribution in [0.15, 0.2) is 30.5 Å². The molecule has 2 N–H and O–H groups in total. The third-order valence-corrected chi connectivity index (χ3v) is 8.24. The van der Waals surface area contributed by atoms with Crippen molar-refractivity contribution in [2.75, 3.05) is 37.5 Å². The summed E-state index contributed by atoms with van der Waals surface area (Å²) in [7, 11) is 3.89. The molecule has 0 spiro atoms. The first-order chi connectivity index (χ1) is 20.3. The minimum absolute atomic E-state index is 0.0245. The molecule has 2 atom stereocenters. The van der Waals surface area contributed by atoms with Gasteiger partial charge in [0.2, 0.25) is 11.9 Å². The number of imidazole rings is 1. The summed E-state index contributed by atoms with van der Waals surface area (Å²) >= 11 is 6.50. The molecule has 1 fully saturated rings. The highest BCUT2D eigenvalue weighted by Crippen LogP contribution is 2.45. The van der Waals surface area contributed by atoms with Crippen molar-refractivity contribution in [3.8, 4) is 17.0 Å². The normalized spacial score (nSPS) is 18.8. The Balaban J connectivity index is 1.34. The SMILES string of the molecule is C[C@H]1COc2c(-c3nc(Nc4ccc(N5CCC(N(C)C)CC5=O)cc4F)ncc3Cl)cc(F)c3nc(C(C)(C)O)n1c23. The second kappa shape index (κ2) is 10.7. The number of benzene rings is 2. The number of aromatic nitrogens is 4. The van der Waals surface area contributed by atoms with Crippen molar-refractivity contribution in [3.63, 3.8) is 0 Å². The summed E-state index contributed by atoms with van der Waals surface area (Å²) in [5, 5.41) is 13.7. The van der Waals surface area contributed by atoms with Crippen LogP contribution in [0.25, 0.3) is 22.3 Å². The van der Waals surface area contributed by atoms with Crippen LogP contribution in [0.5, 0.6) is 5.75 Å². The molecule has 0 saturated carbocycles. The van der Waals surface area contributed by atoms with Gasteiger partial charge in [-0.25, -0.2) is 23.7 Å². The van der Waals surface area contributed by atoms with Crippen molar-refractivity contribution < 1.29 is 23.4 Å². The van der Waals surface area contributed by atoms with Gasteiger partial charge in [0.15, 0.2) is 11.6 Å². The maximum Gasteiger partial charge on any atom is 0.228 e. The van der Waals surface area contributed by atoms with E-state index in [1.54, 1.807) is 29.4 Å². The zero-order valence-corrected chi connectivity index (χ0v) is 25.2. The molecule has 1 amide bonds. The largest absolute Gasteiger partial charge is 0.488 e. The van der Waals surface area contributed by atoms with E-state index in [4.69, 9.17) is 16.3 Å². The number of carbonyl (C=O) groups is 1. The minimum atomic E-state index is -1.33. The van der Waals surface area contributed by atoms with Gasteiger partial charge in [-0.1, -0.05) is 11.6 Å². The molecule has 4 heterocycles. The van der Waals surface area contributed by atoms with E-state index < -0.39 is 17.2 Å². The maximum atomic E-state index is 15.5. The highest BCUT2D eigenvalue weighted by Gasteiger charge is 2.35. The number of aliphatic hydroxyl groups is 1. The molecule has 0 radical (unpaired) electrons. The molecule has 1 unspecified atom stereocenters. The zero-order chi connectivity index (χ0) is 30.8. The van der Waals surface area contributed by atoms with Crippen LogP contribution in [-0.4, -0.2) is 68.7 Å². The molecule has 0 aliphatic carbocycles. The van der Waals surface area contributed by atoms with E-state index in [9.17, 15) is 9.90 Å². The van der Waals surface area contributed by atoms with Crippen LogP contribution < -0.4 is 15.0 Å². The van der Waals surface area contributed by atoms with E-state index >= 15 is 8.78 Å². The van der Waals surface area contributed by atoms with Crippen LogP contribution in [-0.2, 0) is 10.4 Å². The molecule has 0 bridgehead atoms. The lowest BCUT2D eigenvalue weighted by atomic mass is 10.0. The summed E-state index contributed by atoms with van der Waals surface area (Å²) in [6, 6.07) is 5.67. The summed E-state index contributed by atoms with van der Waals surface area (Å²) < 4.78 is 38.6. The van der Waals surface area contributed by atoms with Crippen molar-refractivity contribution >= 4 is 45.9 Å². The standard InChI is InChI=1S/C30H32ClF2N7O3/c1-15-14-43-27-18(12-21(33)25-26(27)40(15)28(36-25)30(2,3)42)24-19(31)13-34-29(37-24)35-22-7-6-17(10-20(22)32)39-9-8-16(38(4)5)11-23(39)41/h6-7,10,12-13,15-16,42H,8-9,11,14H2,1-5H3,(H,34,35,37)/t15-,16?/m0/s1. The van der Waals surface area contributed by atoms with Gasteiger partial charge in [-0.3, -0.25) is 4.79 Å². The average molecular weight is 612 g/mol. The Labute approximate surface area is 252 Å². The minimum Gasteiger partial charge on any atom is -0.488 e. The lowest BCUT2D eigenvalue weighted by Gasteiger charge is -2.34. The number of nitrogens with one attached hydrogen (secondary N) is 1. The molecular formula is C30H32ClF2N7O3. The van der Waals surface area contributed by atoms with E-state index in [0.29, 0.717) is 35.7 Å². The molecule has 2 aliphatic rings. The molecule has 13 heteroatoms.